The molecule has 0 aromatic carbocycles. The SMILES string of the molecule is CCCN1CCC(NC(=O)N(CC(=O)O)C(C)(C)C)CC1. The van der Waals surface area contributed by atoms with E-state index in [0.717, 1.165) is 38.9 Å². The normalized spacial score (nSPS) is 17.5. The van der Waals surface area contributed by atoms with Gasteiger partial charge in [0.05, 0.1) is 0 Å². The lowest BCUT2D eigenvalue weighted by Crippen LogP contribution is -2.55. The molecule has 1 rings (SSSR count). The second kappa shape index (κ2) is 7.64. The van der Waals surface area contributed by atoms with Crippen molar-refractivity contribution >= 4 is 12.0 Å². The number of hydrogen-bond donors (Lipinski definition) is 2. The number of carbonyl (C=O) groups excluding carboxylic acids is 1. The molecule has 0 aromatic heterocycles. The topological polar surface area (TPSA) is 72.9 Å². The molecule has 122 valence electrons. The minimum Gasteiger partial charge on any atom is -0.480 e. The molecular weight excluding hydrogens is 270 g/mol. The highest BCUT2D eigenvalue weighted by Crippen LogP contribution is 2.15. The molecule has 0 bridgehead atoms. The van der Waals surface area contributed by atoms with Crippen LogP contribution in [-0.2, 0) is 4.79 Å². The lowest BCUT2D eigenvalue weighted by Gasteiger charge is -2.37. The van der Waals surface area contributed by atoms with Crippen molar-refractivity contribution in [3.8, 4) is 0 Å². The first-order chi connectivity index (χ1) is 9.74. The van der Waals surface area contributed by atoms with Gasteiger partial charge in [0.15, 0.2) is 0 Å². The maximum absolute atomic E-state index is 12.3. The van der Waals surface area contributed by atoms with Crippen molar-refractivity contribution in [1.29, 1.82) is 0 Å². The molecule has 0 aromatic rings. The Bertz CT molecular complexity index is 358. The molecule has 2 N–H and O–H groups in total. The van der Waals surface area contributed by atoms with Gasteiger partial charge in [-0.15, -0.1) is 0 Å². The zero-order chi connectivity index (χ0) is 16.0. The summed E-state index contributed by atoms with van der Waals surface area (Å²) in [5.41, 5.74) is -0.509. The van der Waals surface area contributed by atoms with E-state index >= 15 is 0 Å². The van der Waals surface area contributed by atoms with E-state index in [1.807, 2.05) is 20.8 Å². The Morgan fingerprint density at radius 1 is 1.29 bits per heavy atom. The van der Waals surface area contributed by atoms with E-state index in [0.29, 0.717) is 0 Å². The van der Waals surface area contributed by atoms with Crippen LogP contribution in [0.5, 0.6) is 0 Å². The van der Waals surface area contributed by atoms with Crippen LogP contribution >= 0.6 is 0 Å². The molecule has 1 aliphatic rings. The highest BCUT2D eigenvalue weighted by molar-refractivity contribution is 5.81. The van der Waals surface area contributed by atoms with Crippen molar-refractivity contribution in [2.24, 2.45) is 0 Å². The average Bonchev–Trinajstić information content (AvgIpc) is 2.37. The Labute approximate surface area is 127 Å². The molecule has 1 heterocycles. The highest BCUT2D eigenvalue weighted by Gasteiger charge is 2.30. The third kappa shape index (κ3) is 5.91. The summed E-state index contributed by atoms with van der Waals surface area (Å²) < 4.78 is 0. The Morgan fingerprint density at radius 3 is 2.29 bits per heavy atom. The van der Waals surface area contributed by atoms with E-state index in [1.54, 1.807) is 0 Å². The van der Waals surface area contributed by atoms with Crippen LogP contribution in [0.15, 0.2) is 0 Å². The summed E-state index contributed by atoms with van der Waals surface area (Å²) in [7, 11) is 0. The van der Waals surface area contributed by atoms with Crippen molar-refractivity contribution in [2.75, 3.05) is 26.2 Å². The second-order valence-electron chi connectivity index (χ2n) is 6.72. The number of carbonyl (C=O) groups is 2. The summed E-state index contributed by atoms with van der Waals surface area (Å²) in [4.78, 5) is 27.1. The van der Waals surface area contributed by atoms with Crippen LogP contribution in [0.2, 0.25) is 0 Å². The Kier molecular flexibility index (Phi) is 6.45. The van der Waals surface area contributed by atoms with Crippen LogP contribution in [0.3, 0.4) is 0 Å². The van der Waals surface area contributed by atoms with E-state index < -0.39 is 11.5 Å². The van der Waals surface area contributed by atoms with Crippen molar-refractivity contribution in [3.63, 3.8) is 0 Å². The van der Waals surface area contributed by atoms with Crippen LogP contribution in [0.4, 0.5) is 4.79 Å². The van der Waals surface area contributed by atoms with E-state index in [9.17, 15) is 9.59 Å². The lowest BCUT2D eigenvalue weighted by molar-refractivity contribution is -0.138. The lowest BCUT2D eigenvalue weighted by atomic mass is 10.0. The summed E-state index contributed by atoms with van der Waals surface area (Å²) >= 11 is 0. The number of carboxylic acid groups (broad SMARTS) is 1. The average molecular weight is 299 g/mol. The zero-order valence-electron chi connectivity index (χ0n) is 13.7. The van der Waals surface area contributed by atoms with Gasteiger partial charge in [0.1, 0.15) is 6.54 Å². The molecule has 6 heteroatoms. The first-order valence-electron chi connectivity index (χ1n) is 7.76. The molecular formula is C15H29N3O3. The van der Waals surface area contributed by atoms with Crippen LogP contribution in [-0.4, -0.2) is 64.7 Å². The van der Waals surface area contributed by atoms with Gasteiger partial charge in [0, 0.05) is 24.7 Å². The molecule has 2 amide bonds. The maximum atomic E-state index is 12.3. The number of piperidine rings is 1. The molecule has 0 saturated carbocycles. The summed E-state index contributed by atoms with van der Waals surface area (Å²) in [5, 5.41) is 12.0. The second-order valence-corrected chi connectivity index (χ2v) is 6.72. The van der Waals surface area contributed by atoms with Crippen molar-refractivity contribution in [3.05, 3.63) is 0 Å². The monoisotopic (exact) mass is 299 g/mol. The molecule has 21 heavy (non-hydrogen) atoms. The van der Waals surface area contributed by atoms with Crippen molar-refractivity contribution in [1.82, 2.24) is 15.1 Å². The minimum atomic E-state index is -0.988. The highest BCUT2D eigenvalue weighted by atomic mass is 16.4. The number of likely N-dealkylation sites (tertiary alicyclic amines) is 1. The van der Waals surface area contributed by atoms with Gasteiger partial charge in [0.25, 0.3) is 0 Å². The number of nitrogens with one attached hydrogen (secondary N) is 1. The fourth-order valence-electron chi connectivity index (χ4n) is 2.62. The van der Waals surface area contributed by atoms with Gasteiger partial charge in [-0.1, -0.05) is 6.92 Å². The van der Waals surface area contributed by atoms with Gasteiger partial charge >= 0.3 is 12.0 Å². The maximum Gasteiger partial charge on any atom is 0.323 e. The first-order valence-corrected chi connectivity index (χ1v) is 7.76. The van der Waals surface area contributed by atoms with Gasteiger partial charge in [-0.25, -0.2) is 4.79 Å². The zero-order valence-corrected chi connectivity index (χ0v) is 13.7. The van der Waals surface area contributed by atoms with Crippen LogP contribution < -0.4 is 5.32 Å². The van der Waals surface area contributed by atoms with E-state index in [2.05, 4.69) is 17.1 Å². The standard InChI is InChI=1S/C15H29N3O3/c1-5-8-17-9-6-12(7-10-17)16-14(21)18(11-13(19)20)15(2,3)4/h12H,5-11H2,1-4H3,(H,16,21)(H,19,20). The number of nitrogens with zero attached hydrogens (tertiary/aromatic N) is 2. The number of carboxylic acids is 1. The van der Waals surface area contributed by atoms with Gasteiger partial charge in [-0.3, -0.25) is 4.79 Å². The first kappa shape index (κ1) is 17.8. The summed E-state index contributed by atoms with van der Waals surface area (Å²) in [5.74, 6) is -0.988. The van der Waals surface area contributed by atoms with Crippen molar-refractivity contribution < 1.29 is 14.7 Å². The van der Waals surface area contributed by atoms with Gasteiger partial charge < -0.3 is 20.2 Å². The fourth-order valence-corrected chi connectivity index (χ4v) is 2.62. The molecule has 0 radical (unpaired) electrons. The third-order valence-electron chi connectivity index (χ3n) is 3.80. The molecule has 0 aliphatic carbocycles. The van der Waals surface area contributed by atoms with Crippen LogP contribution in [0.25, 0.3) is 0 Å². The van der Waals surface area contributed by atoms with Crippen LogP contribution in [0, 0.1) is 0 Å². The molecule has 1 fully saturated rings. The summed E-state index contributed by atoms with van der Waals surface area (Å²) in [6, 6.07) is -0.136. The summed E-state index contributed by atoms with van der Waals surface area (Å²) in [6.45, 7) is 10.5. The molecule has 0 unspecified atom stereocenters. The van der Waals surface area contributed by atoms with Crippen LogP contribution in [0.1, 0.15) is 47.0 Å². The van der Waals surface area contributed by atoms with Gasteiger partial charge in [-0.2, -0.15) is 0 Å². The molecule has 0 atom stereocenters. The van der Waals surface area contributed by atoms with Gasteiger partial charge in [0.2, 0.25) is 0 Å². The van der Waals surface area contributed by atoms with E-state index in [4.69, 9.17) is 5.11 Å². The number of aliphatic carboxylic acids is 1. The number of urea groups is 1. The third-order valence-corrected chi connectivity index (χ3v) is 3.80. The number of amides is 2. The molecule has 6 nitrogen and oxygen atoms in total. The Morgan fingerprint density at radius 2 is 1.86 bits per heavy atom. The van der Waals surface area contributed by atoms with E-state index in [-0.39, 0.29) is 18.6 Å². The largest absolute Gasteiger partial charge is 0.480 e. The number of rotatable bonds is 5. The predicted octanol–water partition coefficient (Wildman–Crippen LogP) is 1.76. The number of hydrogen-bond acceptors (Lipinski definition) is 3. The smallest absolute Gasteiger partial charge is 0.323 e. The summed E-state index contributed by atoms with van der Waals surface area (Å²) in [6.07, 6.45) is 3.00. The Hall–Kier alpha value is -1.30. The minimum absolute atomic E-state index is 0.143. The Balaban J connectivity index is 2.53. The van der Waals surface area contributed by atoms with E-state index in [1.165, 1.54) is 4.90 Å². The van der Waals surface area contributed by atoms with Gasteiger partial charge in [-0.05, 0) is 46.6 Å². The fraction of sp³-hybridized carbons (Fsp3) is 0.867. The quantitative estimate of drug-likeness (QED) is 0.811. The molecule has 0 spiro atoms. The molecule has 1 aliphatic heterocycles. The predicted molar refractivity (Wildman–Crippen MR) is 82.4 cm³/mol. The molecule has 1 saturated heterocycles. The van der Waals surface area contributed by atoms with Crippen molar-refractivity contribution in [2.45, 2.75) is 58.5 Å².